The number of aromatic nitrogens is 5. The highest BCUT2D eigenvalue weighted by atomic mass is 32.2. The van der Waals surface area contributed by atoms with Crippen molar-refractivity contribution in [1.29, 1.82) is 0 Å². The molecule has 0 aromatic carbocycles. The summed E-state index contributed by atoms with van der Waals surface area (Å²) in [6.45, 7) is 4.05. The largest absolute Gasteiger partial charge is 0.479 e. The molecule has 1 unspecified atom stereocenters. The van der Waals surface area contributed by atoms with Crippen LogP contribution >= 0.6 is 11.8 Å². The Morgan fingerprint density at radius 2 is 2.35 bits per heavy atom. The fraction of sp³-hybridized carbons (Fsp3) is 0.625. The van der Waals surface area contributed by atoms with Crippen LogP contribution in [0, 0.1) is 0 Å². The standard InChI is InChI=1S/C16H24N6O3S/c1-4-22-14(12-9-21(2)20-15(12)24-3)18-19-16(22)26-10-13(23)17-8-11-6-5-7-25-11/h9,11H,4-8,10H2,1-3H3,(H,17,23). The molecule has 0 bridgehead atoms. The Kier molecular flexibility index (Phi) is 6.15. The van der Waals surface area contributed by atoms with E-state index in [0.29, 0.717) is 30.0 Å². The summed E-state index contributed by atoms with van der Waals surface area (Å²) in [5, 5.41) is 16.4. The molecular weight excluding hydrogens is 356 g/mol. The molecule has 1 amide bonds. The highest BCUT2D eigenvalue weighted by Gasteiger charge is 2.20. The van der Waals surface area contributed by atoms with Crippen LogP contribution < -0.4 is 10.1 Å². The molecule has 0 radical (unpaired) electrons. The normalized spacial score (nSPS) is 16.8. The molecule has 2 aromatic rings. The van der Waals surface area contributed by atoms with Gasteiger partial charge in [0.2, 0.25) is 11.8 Å². The summed E-state index contributed by atoms with van der Waals surface area (Å²) in [7, 11) is 3.40. The Morgan fingerprint density at radius 1 is 1.50 bits per heavy atom. The number of methoxy groups -OCH3 is 1. The van der Waals surface area contributed by atoms with Crippen LogP contribution in [0.25, 0.3) is 11.4 Å². The van der Waals surface area contributed by atoms with E-state index in [0.717, 1.165) is 25.0 Å². The molecule has 3 rings (SSSR count). The van der Waals surface area contributed by atoms with E-state index in [1.807, 2.05) is 24.7 Å². The van der Waals surface area contributed by atoms with Gasteiger partial charge < -0.3 is 19.4 Å². The van der Waals surface area contributed by atoms with Crippen molar-refractivity contribution in [2.45, 2.75) is 37.6 Å². The molecule has 1 atom stereocenters. The van der Waals surface area contributed by atoms with Crippen molar-refractivity contribution >= 4 is 17.7 Å². The van der Waals surface area contributed by atoms with Crippen molar-refractivity contribution in [3.05, 3.63) is 6.20 Å². The second-order valence-corrected chi connectivity index (χ2v) is 6.95. The minimum Gasteiger partial charge on any atom is -0.479 e. The molecule has 1 aliphatic rings. The lowest BCUT2D eigenvalue weighted by atomic mass is 10.2. The van der Waals surface area contributed by atoms with Gasteiger partial charge in [-0.05, 0) is 19.8 Å². The number of ether oxygens (including phenoxy) is 2. The van der Waals surface area contributed by atoms with Crippen LogP contribution in [-0.2, 0) is 23.1 Å². The molecule has 10 heteroatoms. The minimum absolute atomic E-state index is 0.0309. The molecule has 1 N–H and O–H groups in total. The van der Waals surface area contributed by atoms with Gasteiger partial charge >= 0.3 is 0 Å². The summed E-state index contributed by atoms with van der Waals surface area (Å²) in [5.41, 5.74) is 0.777. The van der Waals surface area contributed by atoms with Gasteiger partial charge in [-0.2, -0.15) is 0 Å². The molecule has 0 saturated carbocycles. The van der Waals surface area contributed by atoms with E-state index in [-0.39, 0.29) is 17.8 Å². The maximum Gasteiger partial charge on any atom is 0.243 e. The number of amides is 1. The molecule has 9 nitrogen and oxygen atoms in total. The first-order valence-electron chi connectivity index (χ1n) is 8.64. The van der Waals surface area contributed by atoms with Crippen molar-refractivity contribution in [3.63, 3.8) is 0 Å². The van der Waals surface area contributed by atoms with Crippen LogP contribution in [0.3, 0.4) is 0 Å². The molecule has 1 aliphatic heterocycles. The first kappa shape index (κ1) is 18.7. The maximum atomic E-state index is 12.1. The van der Waals surface area contributed by atoms with Crippen molar-refractivity contribution < 1.29 is 14.3 Å². The Balaban J connectivity index is 1.63. The van der Waals surface area contributed by atoms with Gasteiger partial charge in [-0.15, -0.1) is 15.3 Å². The summed E-state index contributed by atoms with van der Waals surface area (Å²) in [6, 6.07) is 0. The number of nitrogens with one attached hydrogen (secondary N) is 1. The number of nitrogens with zero attached hydrogens (tertiary/aromatic N) is 5. The quantitative estimate of drug-likeness (QED) is 0.685. The average molecular weight is 380 g/mol. The van der Waals surface area contributed by atoms with Gasteiger partial charge in [0.05, 0.1) is 19.0 Å². The molecule has 1 fully saturated rings. The van der Waals surface area contributed by atoms with E-state index >= 15 is 0 Å². The minimum atomic E-state index is -0.0309. The topological polar surface area (TPSA) is 96.1 Å². The number of carbonyl (C=O) groups excluding carboxylic acids is 1. The van der Waals surface area contributed by atoms with Crippen molar-refractivity contribution in [1.82, 2.24) is 29.9 Å². The second-order valence-electron chi connectivity index (χ2n) is 6.00. The third-order valence-corrected chi connectivity index (χ3v) is 5.11. The Hall–Kier alpha value is -2.07. The van der Waals surface area contributed by atoms with Gasteiger partial charge in [-0.1, -0.05) is 11.8 Å². The van der Waals surface area contributed by atoms with Crippen LogP contribution in [0.1, 0.15) is 19.8 Å². The zero-order chi connectivity index (χ0) is 18.5. The van der Waals surface area contributed by atoms with Crippen LogP contribution in [0.5, 0.6) is 5.88 Å². The van der Waals surface area contributed by atoms with E-state index < -0.39 is 0 Å². The van der Waals surface area contributed by atoms with Gasteiger partial charge in [0.15, 0.2) is 11.0 Å². The van der Waals surface area contributed by atoms with Gasteiger partial charge in [-0.25, -0.2) is 0 Å². The van der Waals surface area contributed by atoms with E-state index in [4.69, 9.17) is 9.47 Å². The summed E-state index contributed by atoms with van der Waals surface area (Å²) >= 11 is 1.37. The van der Waals surface area contributed by atoms with Gasteiger partial charge in [-0.3, -0.25) is 9.48 Å². The summed E-state index contributed by atoms with van der Waals surface area (Å²) < 4.78 is 14.5. The number of hydrogen-bond donors (Lipinski definition) is 1. The first-order valence-corrected chi connectivity index (χ1v) is 9.63. The number of thioether (sulfide) groups is 1. The first-order chi connectivity index (χ1) is 12.6. The zero-order valence-electron chi connectivity index (χ0n) is 15.3. The summed E-state index contributed by atoms with van der Waals surface area (Å²) in [4.78, 5) is 12.1. The Labute approximate surface area is 156 Å². The van der Waals surface area contributed by atoms with E-state index in [2.05, 4.69) is 20.6 Å². The highest BCUT2D eigenvalue weighted by Crippen LogP contribution is 2.29. The predicted molar refractivity (Wildman–Crippen MR) is 97.2 cm³/mol. The molecule has 2 aromatic heterocycles. The molecule has 3 heterocycles. The van der Waals surface area contributed by atoms with Crippen LogP contribution in [0.2, 0.25) is 0 Å². The fourth-order valence-corrected chi connectivity index (χ4v) is 3.70. The van der Waals surface area contributed by atoms with Crippen LogP contribution in [0.4, 0.5) is 0 Å². The third kappa shape index (κ3) is 4.18. The van der Waals surface area contributed by atoms with Gasteiger partial charge in [0.25, 0.3) is 0 Å². The predicted octanol–water partition coefficient (Wildman–Crippen LogP) is 1.09. The fourth-order valence-electron chi connectivity index (χ4n) is 2.87. The smallest absolute Gasteiger partial charge is 0.243 e. The van der Waals surface area contributed by atoms with Crippen LogP contribution in [-0.4, -0.2) is 62.6 Å². The average Bonchev–Trinajstić information content (AvgIpc) is 3.36. The lowest BCUT2D eigenvalue weighted by molar-refractivity contribution is -0.119. The number of hydrogen-bond acceptors (Lipinski definition) is 7. The number of rotatable bonds is 8. The maximum absolute atomic E-state index is 12.1. The van der Waals surface area contributed by atoms with Crippen LogP contribution in [0.15, 0.2) is 11.4 Å². The lowest BCUT2D eigenvalue weighted by Gasteiger charge is -2.10. The molecular formula is C16H24N6O3S. The zero-order valence-corrected chi connectivity index (χ0v) is 16.1. The van der Waals surface area contributed by atoms with E-state index in [1.54, 1.807) is 11.8 Å². The lowest BCUT2D eigenvalue weighted by Crippen LogP contribution is -2.32. The SMILES string of the molecule is CCn1c(SCC(=O)NCC2CCCO2)nnc1-c1cn(C)nc1OC. The van der Waals surface area contributed by atoms with Gasteiger partial charge in [0, 0.05) is 32.9 Å². The van der Waals surface area contributed by atoms with E-state index in [1.165, 1.54) is 11.8 Å². The third-order valence-electron chi connectivity index (χ3n) is 4.15. The number of carbonyl (C=O) groups is 1. The molecule has 0 aliphatic carbocycles. The highest BCUT2D eigenvalue weighted by molar-refractivity contribution is 7.99. The van der Waals surface area contributed by atoms with Crippen molar-refractivity contribution in [2.75, 3.05) is 26.0 Å². The Bertz CT molecular complexity index is 753. The molecule has 0 spiro atoms. The summed E-state index contributed by atoms with van der Waals surface area (Å²) in [6.07, 6.45) is 4.06. The van der Waals surface area contributed by atoms with Gasteiger partial charge in [0.1, 0.15) is 5.56 Å². The number of aryl methyl sites for hydroxylation is 1. The van der Waals surface area contributed by atoms with Crippen molar-refractivity contribution in [3.8, 4) is 17.3 Å². The van der Waals surface area contributed by atoms with E-state index in [9.17, 15) is 4.79 Å². The second kappa shape index (κ2) is 8.54. The molecule has 1 saturated heterocycles. The molecule has 26 heavy (non-hydrogen) atoms. The molecule has 142 valence electrons. The monoisotopic (exact) mass is 380 g/mol. The summed E-state index contributed by atoms with van der Waals surface area (Å²) in [5.74, 6) is 1.44. The van der Waals surface area contributed by atoms with Crippen molar-refractivity contribution in [2.24, 2.45) is 7.05 Å². The Morgan fingerprint density at radius 3 is 3.04 bits per heavy atom.